The van der Waals surface area contributed by atoms with Crippen molar-refractivity contribution in [2.75, 3.05) is 6.54 Å². The zero-order chi connectivity index (χ0) is 14.0. The zero-order valence-electron chi connectivity index (χ0n) is 10.7. The van der Waals surface area contributed by atoms with Gasteiger partial charge < -0.3 is 9.32 Å². The highest BCUT2D eigenvalue weighted by molar-refractivity contribution is 6.06. The number of nitrogens with one attached hydrogen (secondary N) is 1. The van der Waals surface area contributed by atoms with Gasteiger partial charge in [-0.05, 0) is 32.1 Å². The largest absolute Gasteiger partial charge is 0.462 e. The highest BCUT2D eigenvalue weighted by Gasteiger charge is 2.32. The van der Waals surface area contributed by atoms with Gasteiger partial charge in [0.05, 0.1) is 0 Å². The van der Waals surface area contributed by atoms with E-state index >= 15 is 0 Å². The van der Waals surface area contributed by atoms with Gasteiger partial charge in [0.15, 0.2) is 0 Å². The number of piperazine rings is 1. The average Bonchev–Trinajstić information content (AvgIpc) is 2.76. The third kappa shape index (κ3) is 2.90. The summed E-state index contributed by atoms with van der Waals surface area (Å²) in [6.45, 7) is 3.26. The molecule has 6 nitrogen and oxygen atoms in total. The molecule has 1 aromatic rings. The van der Waals surface area contributed by atoms with Crippen LogP contribution >= 0.6 is 0 Å². The fraction of sp³-hybridized carbons (Fsp3) is 0.308. The van der Waals surface area contributed by atoms with Crippen molar-refractivity contribution in [3.05, 3.63) is 29.7 Å². The Bertz CT molecular complexity index is 559. The first-order chi connectivity index (χ1) is 8.97. The minimum atomic E-state index is -0.659. The van der Waals surface area contributed by atoms with Gasteiger partial charge in [0, 0.05) is 6.08 Å². The van der Waals surface area contributed by atoms with Crippen LogP contribution in [-0.2, 0) is 14.4 Å². The number of hydrogen-bond donors (Lipinski definition) is 1. The zero-order valence-corrected chi connectivity index (χ0v) is 10.7. The highest BCUT2D eigenvalue weighted by atomic mass is 16.3. The summed E-state index contributed by atoms with van der Waals surface area (Å²) in [5, 5.41) is 2.18. The fourth-order valence-corrected chi connectivity index (χ4v) is 1.78. The summed E-state index contributed by atoms with van der Waals surface area (Å²) in [5.41, 5.74) is 0. The molecule has 2 rings (SSSR count). The van der Waals surface area contributed by atoms with Crippen molar-refractivity contribution in [2.24, 2.45) is 0 Å². The minimum Gasteiger partial charge on any atom is -0.462 e. The molecule has 6 heteroatoms. The second kappa shape index (κ2) is 5.09. The monoisotopic (exact) mass is 262 g/mol. The second-order valence-electron chi connectivity index (χ2n) is 4.34. The Morgan fingerprint density at radius 3 is 2.84 bits per heavy atom. The summed E-state index contributed by atoms with van der Waals surface area (Å²) in [6.07, 6.45) is 2.81. The summed E-state index contributed by atoms with van der Waals surface area (Å²) >= 11 is 0. The third-order valence-corrected chi connectivity index (χ3v) is 2.86. The predicted molar refractivity (Wildman–Crippen MR) is 66.8 cm³/mol. The first-order valence-electron chi connectivity index (χ1n) is 5.86. The number of carbonyl (C=O) groups excluding carboxylic acids is 3. The van der Waals surface area contributed by atoms with Crippen LogP contribution in [0.5, 0.6) is 0 Å². The summed E-state index contributed by atoms with van der Waals surface area (Å²) in [4.78, 5) is 35.8. The number of imide groups is 1. The predicted octanol–water partition coefficient (Wildman–Crippen LogP) is 0.475. The van der Waals surface area contributed by atoms with E-state index in [-0.39, 0.29) is 6.54 Å². The van der Waals surface area contributed by atoms with E-state index in [0.29, 0.717) is 5.76 Å². The van der Waals surface area contributed by atoms with Gasteiger partial charge in [-0.15, -0.1) is 0 Å². The average molecular weight is 262 g/mol. The standard InChI is InChI=1S/C13H14N2O4/c1-8-3-4-10(19-8)5-6-12(17)15-7-11(16)14-13(18)9(15)2/h3-6,9H,7H2,1-2H3,(H,14,16,18). The molecule has 0 aliphatic carbocycles. The molecule has 1 N–H and O–H groups in total. The van der Waals surface area contributed by atoms with Crippen LogP contribution in [0.3, 0.4) is 0 Å². The number of furan rings is 1. The number of amides is 3. The number of hydrogen-bond acceptors (Lipinski definition) is 4. The Morgan fingerprint density at radius 1 is 1.47 bits per heavy atom. The molecule has 1 fully saturated rings. The third-order valence-electron chi connectivity index (χ3n) is 2.86. The first kappa shape index (κ1) is 13.1. The lowest BCUT2D eigenvalue weighted by Gasteiger charge is -2.30. The molecular weight excluding hydrogens is 248 g/mol. The molecule has 2 heterocycles. The van der Waals surface area contributed by atoms with E-state index in [1.807, 2.05) is 0 Å². The maximum atomic E-state index is 11.9. The van der Waals surface area contributed by atoms with Gasteiger partial charge in [0.25, 0.3) is 0 Å². The van der Waals surface area contributed by atoms with Crippen LogP contribution in [0.15, 0.2) is 22.6 Å². The molecule has 1 atom stereocenters. The van der Waals surface area contributed by atoms with Gasteiger partial charge in [-0.2, -0.15) is 0 Å². The van der Waals surface area contributed by atoms with Crippen molar-refractivity contribution < 1.29 is 18.8 Å². The molecule has 0 radical (unpaired) electrons. The van der Waals surface area contributed by atoms with Crippen molar-refractivity contribution in [3.8, 4) is 0 Å². The van der Waals surface area contributed by atoms with E-state index in [2.05, 4.69) is 5.32 Å². The Morgan fingerprint density at radius 2 is 2.21 bits per heavy atom. The van der Waals surface area contributed by atoms with Crippen molar-refractivity contribution in [3.63, 3.8) is 0 Å². The van der Waals surface area contributed by atoms with Gasteiger partial charge in [0.1, 0.15) is 24.1 Å². The molecule has 0 bridgehead atoms. The van der Waals surface area contributed by atoms with Crippen LogP contribution in [0.4, 0.5) is 0 Å². The second-order valence-corrected chi connectivity index (χ2v) is 4.34. The molecule has 19 heavy (non-hydrogen) atoms. The summed E-state index contributed by atoms with van der Waals surface area (Å²) < 4.78 is 5.29. The van der Waals surface area contributed by atoms with Gasteiger partial charge in [-0.3, -0.25) is 19.7 Å². The summed E-state index contributed by atoms with van der Waals surface area (Å²) in [6, 6.07) is 2.86. The van der Waals surface area contributed by atoms with E-state index in [0.717, 1.165) is 5.76 Å². The van der Waals surface area contributed by atoms with Gasteiger partial charge in [-0.1, -0.05) is 0 Å². The molecule has 1 aliphatic rings. The van der Waals surface area contributed by atoms with Crippen LogP contribution in [-0.4, -0.2) is 35.2 Å². The van der Waals surface area contributed by atoms with E-state index in [1.165, 1.54) is 17.1 Å². The molecule has 0 spiro atoms. The van der Waals surface area contributed by atoms with Gasteiger partial charge in [0.2, 0.25) is 17.7 Å². The summed E-state index contributed by atoms with van der Waals surface area (Å²) in [5.74, 6) is -0.0467. The van der Waals surface area contributed by atoms with E-state index in [1.54, 1.807) is 26.0 Å². The van der Waals surface area contributed by atoms with E-state index < -0.39 is 23.8 Å². The number of rotatable bonds is 2. The lowest BCUT2D eigenvalue weighted by Crippen LogP contribution is -2.58. The first-order valence-corrected chi connectivity index (χ1v) is 5.86. The van der Waals surface area contributed by atoms with Crippen molar-refractivity contribution in [1.82, 2.24) is 10.2 Å². The topological polar surface area (TPSA) is 79.6 Å². The van der Waals surface area contributed by atoms with Gasteiger partial charge >= 0.3 is 0 Å². The molecule has 0 saturated carbocycles. The lowest BCUT2D eigenvalue weighted by molar-refractivity contribution is -0.147. The quantitative estimate of drug-likeness (QED) is 0.621. The van der Waals surface area contributed by atoms with Crippen LogP contribution in [0.25, 0.3) is 6.08 Å². The Hall–Kier alpha value is -2.37. The minimum absolute atomic E-state index is 0.118. The van der Waals surface area contributed by atoms with E-state index in [9.17, 15) is 14.4 Å². The lowest BCUT2D eigenvalue weighted by atomic mass is 10.2. The molecule has 1 unspecified atom stereocenters. The van der Waals surface area contributed by atoms with Crippen molar-refractivity contribution in [2.45, 2.75) is 19.9 Å². The molecule has 100 valence electrons. The fourth-order valence-electron chi connectivity index (χ4n) is 1.78. The smallest absolute Gasteiger partial charge is 0.249 e. The van der Waals surface area contributed by atoms with Crippen molar-refractivity contribution in [1.29, 1.82) is 0 Å². The van der Waals surface area contributed by atoms with E-state index in [4.69, 9.17) is 4.42 Å². The maximum absolute atomic E-state index is 11.9. The Kier molecular flexibility index (Phi) is 3.50. The SMILES string of the molecule is Cc1ccc(C=CC(=O)N2CC(=O)NC(=O)C2C)o1. The number of nitrogens with zero attached hydrogens (tertiary/aromatic N) is 1. The molecule has 1 aromatic heterocycles. The van der Waals surface area contributed by atoms with Crippen LogP contribution in [0.1, 0.15) is 18.4 Å². The molecular formula is C13H14N2O4. The number of carbonyl (C=O) groups is 3. The summed E-state index contributed by atoms with van der Waals surface area (Å²) in [7, 11) is 0. The maximum Gasteiger partial charge on any atom is 0.249 e. The van der Waals surface area contributed by atoms with Crippen LogP contribution in [0.2, 0.25) is 0 Å². The van der Waals surface area contributed by atoms with Crippen LogP contribution < -0.4 is 5.32 Å². The number of aryl methyl sites for hydroxylation is 1. The van der Waals surface area contributed by atoms with Crippen molar-refractivity contribution >= 4 is 23.8 Å². The molecule has 3 amide bonds. The Labute approximate surface area is 110 Å². The van der Waals surface area contributed by atoms with Gasteiger partial charge in [-0.25, -0.2) is 0 Å². The molecule has 1 aliphatic heterocycles. The highest BCUT2D eigenvalue weighted by Crippen LogP contribution is 2.10. The molecule has 1 saturated heterocycles. The molecule has 0 aromatic carbocycles. The Balaban J connectivity index is 2.08. The normalized spacial score (nSPS) is 19.9. The van der Waals surface area contributed by atoms with Crippen LogP contribution in [0, 0.1) is 6.92 Å².